The number of nitrogens with one attached hydrogen (secondary N) is 2. The van der Waals surface area contributed by atoms with Gasteiger partial charge in [0.1, 0.15) is 5.57 Å². The van der Waals surface area contributed by atoms with E-state index in [1.807, 2.05) is 51.4 Å². The number of aryl methyl sites for hydroxylation is 4. The molecule has 6 heterocycles. The SMILES string of the molecule is CCCCCCc1ccsc1-c1cc(CCCCCC)c(-c2cc(CCCCCC)c(-c3sc(-c4ccc(C=C5C(=O)NC(=O)NC5=O)s4)cc3CCCCCC)s2)s1. The van der Waals surface area contributed by atoms with Gasteiger partial charge in [-0.05, 0) is 121 Å². The van der Waals surface area contributed by atoms with Gasteiger partial charge in [0.2, 0.25) is 0 Å². The summed E-state index contributed by atoms with van der Waals surface area (Å²) in [6.07, 6.45) is 26.1. The van der Waals surface area contributed by atoms with Crippen molar-refractivity contribution in [2.24, 2.45) is 0 Å². The summed E-state index contributed by atoms with van der Waals surface area (Å²) >= 11 is 9.44. The van der Waals surface area contributed by atoms with Gasteiger partial charge in [-0.25, -0.2) is 4.79 Å². The Kier molecular flexibility index (Phi) is 17.8. The van der Waals surface area contributed by atoms with Crippen LogP contribution in [0, 0.1) is 0 Å². The number of rotatable bonds is 25. The second-order valence-corrected chi connectivity index (χ2v) is 21.1. The zero-order valence-corrected chi connectivity index (χ0v) is 39.6. The molecule has 5 nitrogen and oxygen atoms in total. The van der Waals surface area contributed by atoms with Gasteiger partial charge in [-0.15, -0.1) is 56.7 Å². The highest BCUT2D eigenvalue weighted by molar-refractivity contribution is 7.30. The molecule has 5 aromatic rings. The molecule has 0 aromatic carbocycles. The minimum atomic E-state index is -0.782. The van der Waals surface area contributed by atoms with Crippen LogP contribution in [-0.2, 0) is 35.3 Å². The van der Waals surface area contributed by atoms with Gasteiger partial charge >= 0.3 is 6.03 Å². The third-order valence-electron chi connectivity index (χ3n) is 11.1. The summed E-state index contributed by atoms with van der Waals surface area (Å²) in [4.78, 5) is 48.4. The van der Waals surface area contributed by atoms with Gasteiger partial charge < -0.3 is 0 Å². The van der Waals surface area contributed by atoms with Crippen molar-refractivity contribution >= 4 is 80.6 Å². The molecule has 0 spiro atoms. The van der Waals surface area contributed by atoms with E-state index < -0.39 is 17.8 Å². The molecule has 0 saturated carbocycles. The van der Waals surface area contributed by atoms with E-state index in [-0.39, 0.29) is 5.57 Å². The van der Waals surface area contributed by atoms with Crippen molar-refractivity contribution in [3.8, 4) is 39.0 Å². The fourth-order valence-corrected chi connectivity index (χ4v) is 13.9. The predicted octanol–water partition coefficient (Wildman–Crippen LogP) is 15.9. The third kappa shape index (κ3) is 12.2. The molecule has 0 atom stereocenters. The van der Waals surface area contributed by atoms with E-state index in [9.17, 15) is 14.4 Å². The highest BCUT2D eigenvalue weighted by atomic mass is 32.1. The largest absolute Gasteiger partial charge is 0.328 e. The quantitative estimate of drug-likeness (QED) is 0.0348. The first kappa shape index (κ1) is 45.4. The predicted molar refractivity (Wildman–Crippen MR) is 259 cm³/mol. The van der Waals surface area contributed by atoms with Crippen LogP contribution >= 0.6 is 56.7 Å². The zero-order chi connectivity index (χ0) is 41.6. The fourth-order valence-electron chi connectivity index (χ4n) is 7.81. The first-order valence-corrected chi connectivity index (χ1v) is 26.4. The molecule has 316 valence electrons. The lowest BCUT2D eigenvalue weighted by Gasteiger charge is -2.13. The van der Waals surface area contributed by atoms with Gasteiger partial charge in [0.25, 0.3) is 11.8 Å². The Hall–Kier alpha value is -3.15. The Morgan fingerprint density at radius 3 is 1.46 bits per heavy atom. The summed E-state index contributed by atoms with van der Waals surface area (Å²) in [6, 6.07) is 13.2. The number of carbonyl (C=O) groups excluding carboxylic acids is 3. The van der Waals surface area contributed by atoms with E-state index in [0.29, 0.717) is 0 Å². The van der Waals surface area contributed by atoms with Gasteiger partial charge in [-0.2, -0.15) is 0 Å². The van der Waals surface area contributed by atoms with Crippen LogP contribution in [0.5, 0.6) is 0 Å². The molecule has 0 bridgehead atoms. The lowest BCUT2D eigenvalue weighted by atomic mass is 10.0. The average molecular weight is 887 g/mol. The van der Waals surface area contributed by atoms with Crippen molar-refractivity contribution in [1.82, 2.24) is 10.6 Å². The van der Waals surface area contributed by atoms with Crippen molar-refractivity contribution in [3.05, 3.63) is 74.5 Å². The minimum absolute atomic E-state index is 0.0518. The summed E-state index contributed by atoms with van der Waals surface area (Å²) in [7, 11) is 0. The van der Waals surface area contributed by atoms with Crippen LogP contribution in [0.3, 0.4) is 0 Å². The van der Waals surface area contributed by atoms with E-state index in [1.165, 1.54) is 166 Å². The van der Waals surface area contributed by atoms with E-state index in [2.05, 4.69) is 74.0 Å². The Morgan fingerprint density at radius 2 is 0.915 bits per heavy atom. The molecule has 1 saturated heterocycles. The molecule has 6 rings (SSSR count). The number of urea groups is 1. The van der Waals surface area contributed by atoms with E-state index in [4.69, 9.17) is 0 Å². The van der Waals surface area contributed by atoms with E-state index in [0.717, 1.165) is 29.0 Å². The number of barbiturate groups is 1. The standard InChI is InChI=1S/C49H62N2O3S5/c1-5-9-13-17-21-33-27-28-55-43(33)41-30-34(22-18-14-10-6-2)44(58-41)42-31-36(24-20-16-12-8-4)46(59-42)45-35(23-19-15-11-7-3)29-40(57-45)39-26-25-37(56-39)32-38-47(52)50-49(54)51-48(38)53/h25-32H,5-24H2,1-4H3,(H2,50,51,52,53,54). The number of thiophene rings is 5. The third-order valence-corrected chi connectivity index (χ3v) is 17.4. The van der Waals surface area contributed by atoms with Crippen LogP contribution in [0.15, 0.2) is 47.4 Å². The molecule has 0 unspecified atom stereocenters. The second kappa shape index (κ2) is 23.2. The summed E-state index contributed by atoms with van der Waals surface area (Å²) in [5.41, 5.74) is 5.91. The van der Waals surface area contributed by atoms with Crippen molar-refractivity contribution in [2.45, 2.75) is 156 Å². The van der Waals surface area contributed by atoms with Crippen molar-refractivity contribution in [1.29, 1.82) is 0 Å². The topological polar surface area (TPSA) is 75.3 Å². The lowest BCUT2D eigenvalue weighted by Crippen LogP contribution is -2.51. The van der Waals surface area contributed by atoms with Crippen LogP contribution in [0.2, 0.25) is 0 Å². The molecule has 1 aliphatic heterocycles. The van der Waals surface area contributed by atoms with Gasteiger partial charge in [-0.1, -0.05) is 105 Å². The normalized spacial score (nSPS) is 13.1. The highest BCUT2D eigenvalue weighted by Gasteiger charge is 2.28. The number of imide groups is 2. The van der Waals surface area contributed by atoms with Crippen LogP contribution in [0.1, 0.15) is 158 Å². The molecule has 10 heteroatoms. The smallest absolute Gasteiger partial charge is 0.273 e. The van der Waals surface area contributed by atoms with E-state index in [1.54, 1.807) is 17.4 Å². The van der Waals surface area contributed by atoms with Crippen molar-refractivity contribution in [3.63, 3.8) is 0 Å². The fraction of sp³-hybridized carbons (Fsp3) is 0.490. The lowest BCUT2D eigenvalue weighted by molar-refractivity contribution is -0.123. The Labute approximate surface area is 372 Å². The molecular formula is C49H62N2O3S5. The number of amides is 4. The summed E-state index contributed by atoms with van der Waals surface area (Å²) < 4.78 is 0. The second-order valence-electron chi connectivity index (χ2n) is 15.9. The van der Waals surface area contributed by atoms with Crippen molar-refractivity contribution in [2.75, 3.05) is 0 Å². The number of hydrogen-bond donors (Lipinski definition) is 2. The number of hydrogen-bond acceptors (Lipinski definition) is 8. The summed E-state index contributed by atoms with van der Waals surface area (Å²) in [5, 5.41) is 6.68. The summed E-state index contributed by atoms with van der Waals surface area (Å²) in [5.74, 6) is -1.33. The number of unbranched alkanes of at least 4 members (excludes halogenated alkanes) is 12. The molecule has 0 radical (unpaired) electrons. The van der Waals surface area contributed by atoms with Gasteiger partial charge in [0.15, 0.2) is 0 Å². The highest BCUT2D eigenvalue weighted by Crippen LogP contribution is 2.50. The van der Waals surface area contributed by atoms with Crippen LogP contribution < -0.4 is 10.6 Å². The van der Waals surface area contributed by atoms with Gasteiger partial charge in [0.05, 0.1) is 0 Å². The monoisotopic (exact) mass is 886 g/mol. The zero-order valence-electron chi connectivity index (χ0n) is 35.5. The average Bonchev–Trinajstić information content (AvgIpc) is 4.07. The van der Waals surface area contributed by atoms with Crippen molar-refractivity contribution < 1.29 is 14.4 Å². The first-order chi connectivity index (χ1) is 28.8. The Morgan fingerprint density at radius 1 is 0.458 bits per heavy atom. The molecule has 59 heavy (non-hydrogen) atoms. The van der Waals surface area contributed by atoms with Gasteiger partial charge in [-0.3, -0.25) is 20.2 Å². The molecule has 5 aromatic heterocycles. The maximum absolute atomic E-state index is 12.5. The maximum atomic E-state index is 12.5. The summed E-state index contributed by atoms with van der Waals surface area (Å²) in [6.45, 7) is 9.15. The molecular weight excluding hydrogens is 825 g/mol. The number of carbonyl (C=O) groups is 3. The molecule has 4 amide bonds. The molecule has 1 aliphatic rings. The molecule has 2 N–H and O–H groups in total. The van der Waals surface area contributed by atoms with E-state index >= 15 is 0 Å². The van der Waals surface area contributed by atoms with Crippen LogP contribution in [-0.4, -0.2) is 17.8 Å². The van der Waals surface area contributed by atoms with Gasteiger partial charge in [0, 0.05) is 43.9 Å². The minimum Gasteiger partial charge on any atom is -0.273 e. The first-order valence-electron chi connectivity index (χ1n) is 22.3. The Bertz CT molecular complexity index is 2150. The molecule has 0 aliphatic carbocycles. The Balaban J connectivity index is 1.39. The van der Waals surface area contributed by atoms with Crippen LogP contribution in [0.25, 0.3) is 45.1 Å². The molecule has 1 fully saturated rings. The van der Waals surface area contributed by atoms with Crippen LogP contribution in [0.4, 0.5) is 4.79 Å². The maximum Gasteiger partial charge on any atom is 0.328 e.